The molecule has 0 saturated carbocycles. The Kier molecular flexibility index (Phi) is 2.10. The van der Waals surface area contributed by atoms with E-state index in [1.165, 1.54) is 6.08 Å². The molecule has 2 heteroatoms. The van der Waals surface area contributed by atoms with Crippen LogP contribution in [0.15, 0.2) is 23.7 Å². The zero-order valence-corrected chi connectivity index (χ0v) is 6.23. The summed E-state index contributed by atoms with van der Waals surface area (Å²) in [6, 6.07) is 0. The molecule has 1 rings (SSSR count). The average molecular weight is 142 g/mol. The van der Waals surface area contributed by atoms with Crippen molar-refractivity contribution in [3.05, 3.63) is 23.7 Å². The molecular formula is C8H11FO. The molecule has 0 aromatic rings. The largest absolute Gasteiger partial charge is 0.501 e. The van der Waals surface area contributed by atoms with Crippen molar-refractivity contribution in [2.75, 3.05) is 7.11 Å². The van der Waals surface area contributed by atoms with Gasteiger partial charge in [0.25, 0.3) is 0 Å². The summed E-state index contributed by atoms with van der Waals surface area (Å²) in [7, 11) is 1.61. The van der Waals surface area contributed by atoms with Crippen molar-refractivity contribution in [2.24, 2.45) is 5.92 Å². The molecule has 1 aliphatic carbocycles. The number of methoxy groups -OCH3 is 1. The first-order valence-corrected chi connectivity index (χ1v) is 3.34. The minimum atomic E-state index is -0.0548. The Balaban J connectivity index is 2.68. The molecule has 1 aliphatic rings. The van der Waals surface area contributed by atoms with Crippen molar-refractivity contribution in [2.45, 2.75) is 13.3 Å². The van der Waals surface area contributed by atoms with Crippen LogP contribution in [-0.4, -0.2) is 7.11 Å². The zero-order chi connectivity index (χ0) is 7.56. The van der Waals surface area contributed by atoms with Gasteiger partial charge in [-0.05, 0) is 12.2 Å². The Hall–Kier alpha value is -0.790. The van der Waals surface area contributed by atoms with Crippen LogP contribution in [0.5, 0.6) is 0 Å². The minimum Gasteiger partial charge on any atom is -0.501 e. The van der Waals surface area contributed by atoms with E-state index < -0.39 is 0 Å². The molecule has 0 fully saturated rings. The summed E-state index contributed by atoms with van der Waals surface area (Å²) in [5, 5.41) is 0. The Morgan fingerprint density at radius 1 is 1.60 bits per heavy atom. The first kappa shape index (κ1) is 7.32. The fourth-order valence-corrected chi connectivity index (χ4v) is 0.956. The Labute approximate surface area is 60.2 Å². The maximum Gasteiger partial charge on any atom is 0.103 e. The molecule has 0 bridgehead atoms. The van der Waals surface area contributed by atoms with Gasteiger partial charge in [0.15, 0.2) is 0 Å². The molecule has 0 amide bonds. The van der Waals surface area contributed by atoms with Gasteiger partial charge in [0, 0.05) is 12.3 Å². The normalized spacial score (nSPS) is 25.3. The monoisotopic (exact) mass is 142 g/mol. The fourth-order valence-electron chi connectivity index (χ4n) is 0.956. The first-order chi connectivity index (χ1) is 4.74. The molecular weight excluding hydrogens is 131 g/mol. The molecule has 0 unspecified atom stereocenters. The number of allylic oxidation sites excluding steroid dienone is 4. The second-order valence-corrected chi connectivity index (χ2v) is 2.49. The maximum atomic E-state index is 12.6. The van der Waals surface area contributed by atoms with Crippen molar-refractivity contribution in [3.8, 4) is 0 Å². The Morgan fingerprint density at radius 2 is 2.30 bits per heavy atom. The van der Waals surface area contributed by atoms with Crippen LogP contribution in [0, 0.1) is 5.92 Å². The van der Waals surface area contributed by atoms with Gasteiger partial charge in [0.1, 0.15) is 5.83 Å². The van der Waals surface area contributed by atoms with Crippen LogP contribution in [0.25, 0.3) is 0 Å². The van der Waals surface area contributed by atoms with Crippen LogP contribution in [-0.2, 0) is 4.74 Å². The highest BCUT2D eigenvalue weighted by atomic mass is 19.1. The minimum absolute atomic E-state index is 0.0139. The van der Waals surface area contributed by atoms with Crippen molar-refractivity contribution in [1.29, 1.82) is 0 Å². The van der Waals surface area contributed by atoms with Crippen molar-refractivity contribution >= 4 is 0 Å². The second-order valence-electron chi connectivity index (χ2n) is 2.49. The lowest BCUT2D eigenvalue weighted by Crippen LogP contribution is -2.02. The Bertz CT molecular complexity index is 182. The van der Waals surface area contributed by atoms with Crippen LogP contribution in [0.3, 0.4) is 0 Å². The van der Waals surface area contributed by atoms with E-state index in [0.717, 1.165) is 5.76 Å². The van der Waals surface area contributed by atoms with Gasteiger partial charge < -0.3 is 4.74 Å². The Morgan fingerprint density at radius 3 is 2.80 bits per heavy atom. The molecule has 0 heterocycles. The number of hydrogen-bond donors (Lipinski definition) is 0. The molecule has 56 valence electrons. The summed E-state index contributed by atoms with van der Waals surface area (Å²) in [6.07, 6.45) is 3.82. The summed E-state index contributed by atoms with van der Waals surface area (Å²) in [5.41, 5.74) is 0. The van der Waals surface area contributed by atoms with Gasteiger partial charge in [-0.15, -0.1) is 0 Å². The third kappa shape index (κ3) is 1.38. The van der Waals surface area contributed by atoms with E-state index in [0.29, 0.717) is 6.42 Å². The summed E-state index contributed by atoms with van der Waals surface area (Å²) in [4.78, 5) is 0. The van der Waals surface area contributed by atoms with E-state index >= 15 is 0 Å². The molecule has 1 atom stereocenters. The molecule has 0 spiro atoms. The third-order valence-corrected chi connectivity index (χ3v) is 1.67. The molecule has 10 heavy (non-hydrogen) atoms. The highest BCUT2D eigenvalue weighted by molar-refractivity contribution is 5.18. The molecule has 0 aromatic carbocycles. The highest BCUT2D eigenvalue weighted by Gasteiger charge is 2.14. The van der Waals surface area contributed by atoms with Crippen molar-refractivity contribution in [1.82, 2.24) is 0 Å². The van der Waals surface area contributed by atoms with E-state index in [9.17, 15) is 4.39 Å². The van der Waals surface area contributed by atoms with E-state index in [1.54, 1.807) is 13.2 Å². The summed E-state index contributed by atoms with van der Waals surface area (Å²) >= 11 is 0. The second kappa shape index (κ2) is 2.86. The molecule has 0 saturated heterocycles. The molecule has 0 aromatic heterocycles. The van der Waals surface area contributed by atoms with Crippen molar-refractivity contribution in [3.63, 3.8) is 0 Å². The summed E-state index contributed by atoms with van der Waals surface area (Å²) in [6.45, 7) is 1.85. The third-order valence-electron chi connectivity index (χ3n) is 1.67. The van der Waals surface area contributed by atoms with E-state index in [4.69, 9.17) is 4.74 Å². The maximum absolute atomic E-state index is 12.6. The average Bonchev–Trinajstić information content (AvgIpc) is 1.95. The van der Waals surface area contributed by atoms with Crippen LogP contribution >= 0.6 is 0 Å². The van der Waals surface area contributed by atoms with E-state index in [2.05, 4.69) is 0 Å². The predicted octanol–water partition coefficient (Wildman–Crippen LogP) is 2.41. The molecule has 0 radical (unpaired) electrons. The summed E-state index contributed by atoms with van der Waals surface area (Å²) < 4.78 is 17.6. The summed E-state index contributed by atoms with van der Waals surface area (Å²) in [5.74, 6) is 0.787. The van der Waals surface area contributed by atoms with Crippen LogP contribution in [0.1, 0.15) is 13.3 Å². The van der Waals surface area contributed by atoms with Gasteiger partial charge in [-0.25, -0.2) is 4.39 Å². The number of hydrogen-bond acceptors (Lipinski definition) is 1. The highest BCUT2D eigenvalue weighted by Crippen LogP contribution is 2.25. The molecule has 0 N–H and O–H groups in total. The van der Waals surface area contributed by atoms with Gasteiger partial charge in [0.05, 0.1) is 12.9 Å². The lowest BCUT2D eigenvalue weighted by Gasteiger charge is -2.14. The van der Waals surface area contributed by atoms with Crippen LogP contribution in [0.4, 0.5) is 4.39 Å². The van der Waals surface area contributed by atoms with Crippen LogP contribution < -0.4 is 0 Å². The lowest BCUT2D eigenvalue weighted by atomic mass is 10.0. The SMILES string of the molecule is COC1=CC=C(F)[C@H](C)C1. The van der Waals surface area contributed by atoms with Crippen molar-refractivity contribution < 1.29 is 9.13 Å². The standard InChI is InChI=1S/C8H11FO/c1-6-5-7(10-2)3-4-8(6)9/h3-4,6H,5H2,1-2H3/t6-/m1/s1. The zero-order valence-electron chi connectivity index (χ0n) is 6.23. The number of halogens is 1. The number of ether oxygens (including phenoxy) is 1. The smallest absolute Gasteiger partial charge is 0.103 e. The van der Waals surface area contributed by atoms with Gasteiger partial charge >= 0.3 is 0 Å². The molecule has 1 nitrogen and oxygen atoms in total. The lowest BCUT2D eigenvalue weighted by molar-refractivity contribution is 0.258. The topological polar surface area (TPSA) is 9.23 Å². The van der Waals surface area contributed by atoms with E-state index in [-0.39, 0.29) is 11.7 Å². The molecule has 0 aliphatic heterocycles. The van der Waals surface area contributed by atoms with E-state index in [1.807, 2.05) is 6.92 Å². The van der Waals surface area contributed by atoms with Gasteiger partial charge in [-0.1, -0.05) is 6.92 Å². The quantitative estimate of drug-likeness (QED) is 0.546. The van der Waals surface area contributed by atoms with Gasteiger partial charge in [-0.2, -0.15) is 0 Å². The first-order valence-electron chi connectivity index (χ1n) is 3.34. The van der Waals surface area contributed by atoms with Crippen LogP contribution in [0.2, 0.25) is 0 Å². The van der Waals surface area contributed by atoms with Gasteiger partial charge in [-0.3, -0.25) is 0 Å². The fraction of sp³-hybridized carbons (Fsp3) is 0.500. The number of rotatable bonds is 1. The predicted molar refractivity (Wildman–Crippen MR) is 38.1 cm³/mol. The van der Waals surface area contributed by atoms with Gasteiger partial charge in [0.2, 0.25) is 0 Å².